The summed E-state index contributed by atoms with van der Waals surface area (Å²) in [6.07, 6.45) is 0.801. The van der Waals surface area contributed by atoms with Gasteiger partial charge in [-0.05, 0) is 65.6 Å². The maximum absolute atomic E-state index is 12.3. The summed E-state index contributed by atoms with van der Waals surface area (Å²) in [5, 5.41) is 7.16. The number of rotatable bonds is 12. The fraction of sp³-hybridized carbons (Fsp3) is 0.393. The zero-order chi connectivity index (χ0) is 24.3. The highest BCUT2D eigenvalue weighted by Crippen LogP contribution is 2.29. The van der Waals surface area contributed by atoms with Gasteiger partial charge >= 0.3 is 0 Å². The van der Waals surface area contributed by atoms with Crippen molar-refractivity contribution in [3.8, 4) is 16.9 Å². The quantitative estimate of drug-likeness (QED) is 0.372. The van der Waals surface area contributed by atoms with E-state index >= 15 is 0 Å². The van der Waals surface area contributed by atoms with Gasteiger partial charge < -0.3 is 19.7 Å². The minimum absolute atomic E-state index is 0.0151. The fourth-order valence-corrected chi connectivity index (χ4v) is 4.90. The van der Waals surface area contributed by atoms with Gasteiger partial charge in [-0.15, -0.1) is 0 Å². The molecule has 1 saturated heterocycles. The summed E-state index contributed by atoms with van der Waals surface area (Å²) in [5.74, 6) is 0.671. The zero-order valence-corrected chi connectivity index (χ0v) is 21.3. The number of carbonyl (C=O) groups is 1. The van der Waals surface area contributed by atoms with E-state index in [1.807, 2.05) is 13.0 Å². The van der Waals surface area contributed by atoms with Crippen LogP contribution >= 0.6 is 11.3 Å². The van der Waals surface area contributed by atoms with Crippen LogP contribution in [0.1, 0.15) is 18.9 Å². The van der Waals surface area contributed by atoms with E-state index in [-0.39, 0.29) is 12.5 Å². The Bertz CT molecular complexity index is 1030. The standard InChI is InChI=1S/C28H35N3O3S/c1-2-33-17-6-12-29-28(32)21-34-27-10-9-23(24-11-18-35-22-24)19-25(27)20-30-13-15-31(16-14-30)26-7-4-3-5-8-26/h3-5,7-11,18-19,22H,2,6,12-17,20-21H2,1H3,(H,29,32). The third-order valence-corrected chi connectivity index (χ3v) is 6.84. The highest BCUT2D eigenvalue weighted by molar-refractivity contribution is 7.08. The number of anilines is 1. The predicted octanol–water partition coefficient (Wildman–Crippen LogP) is 4.66. The first-order valence-electron chi connectivity index (χ1n) is 12.4. The Kier molecular flexibility index (Phi) is 9.57. The van der Waals surface area contributed by atoms with Crippen molar-refractivity contribution in [2.75, 3.05) is 57.4 Å². The van der Waals surface area contributed by atoms with Crippen LogP contribution in [-0.4, -0.2) is 63.4 Å². The number of nitrogens with zero attached hydrogens (tertiary/aromatic N) is 2. The lowest BCUT2D eigenvalue weighted by Gasteiger charge is -2.36. The number of hydrogen-bond donors (Lipinski definition) is 1. The zero-order valence-electron chi connectivity index (χ0n) is 20.4. The normalized spacial score (nSPS) is 14.1. The molecule has 7 heteroatoms. The molecular formula is C28H35N3O3S. The number of carbonyl (C=O) groups excluding carboxylic acids is 1. The lowest BCUT2D eigenvalue weighted by atomic mass is 10.0. The monoisotopic (exact) mass is 493 g/mol. The van der Waals surface area contributed by atoms with Gasteiger partial charge in [-0.2, -0.15) is 11.3 Å². The van der Waals surface area contributed by atoms with Crippen molar-refractivity contribution >= 4 is 22.9 Å². The van der Waals surface area contributed by atoms with Gasteiger partial charge in [0.05, 0.1) is 0 Å². The van der Waals surface area contributed by atoms with Crippen molar-refractivity contribution in [2.24, 2.45) is 0 Å². The molecule has 0 spiro atoms. The topological polar surface area (TPSA) is 54.0 Å². The van der Waals surface area contributed by atoms with Gasteiger partial charge in [0.2, 0.25) is 0 Å². The molecule has 0 aliphatic carbocycles. The summed E-state index contributed by atoms with van der Waals surface area (Å²) < 4.78 is 11.3. The van der Waals surface area contributed by atoms with Crippen LogP contribution in [0.2, 0.25) is 0 Å². The van der Waals surface area contributed by atoms with Crippen molar-refractivity contribution in [1.29, 1.82) is 0 Å². The summed E-state index contributed by atoms with van der Waals surface area (Å²) in [7, 11) is 0. The minimum atomic E-state index is -0.106. The number of ether oxygens (including phenoxy) is 2. The van der Waals surface area contributed by atoms with Gasteiger partial charge in [0.1, 0.15) is 5.75 Å². The van der Waals surface area contributed by atoms with Crippen LogP contribution in [0.15, 0.2) is 65.4 Å². The summed E-state index contributed by atoms with van der Waals surface area (Å²) in [6.45, 7) is 8.69. The lowest BCUT2D eigenvalue weighted by molar-refractivity contribution is -0.123. The molecule has 0 bridgehead atoms. The van der Waals surface area contributed by atoms with E-state index in [2.05, 4.69) is 74.4 Å². The molecular weight excluding hydrogens is 458 g/mol. The molecule has 1 aliphatic rings. The summed E-state index contributed by atoms with van der Waals surface area (Å²) in [4.78, 5) is 17.2. The smallest absolute Gasteiger partial charge is 0.257 e. The van der Waals surface area contributed by atoms with Crippen LogP contribution < -0.4 is 15.0 Å². The number of amides is 1. The molecule has 186 valence electrons. The Morgan fingerprint density at radius 1 is 1.03 bits per heavy atom. The first-order chi connectivity index (χ1) is 17.2. The summed E-state index contributed by atoms with van der Waals surface area (Å²) in [5.41, 5.74) is 4.79. The van der Waals surface area contributed by atoms with E-state index in [4.69, 9.17) is 9.47 Å². The molecule has 1 N–H and O–H groups in total. The van der Waals surface area contributed by atoms with E-state index in [1.165, 1.54) is 16.8 Å². The van der Waals surface area contributed by atoms with Crippen LogP contribution in [0.4, 0.5) is 5.69 Å². The Morgan fingerprint density at radius 3 is 2.60 bits per heavy atom. The molecule has 0 radical (unpaired) electrons. The first-order valence-corrected chi connectivity index (χ1v) is 13.3. The molecule has 0 unspecified atom stereocenters. The van der Waals surface area contributed by atoms with Crippen molar-refractivity contribution in [3.05, 3.63) is 70.9 Å². The highest BCUT2D eigenvalue weighted by atomic mass is 32.1. The Morgan fingerprint density at radius 2 is 1.86 bits per heavy atom. The number of nitrogens with one attached hydrogen (secondary N) is 1. The molecule has 4 rings (SSSR count). The molecule has 3 aromatic rings. The number of piperazine rings is 1. The van der Waals surface area contributed by atoms with Gasteiger partial charge in [-0.1, -0.05) is 24.3 Å². The second kappa shape index (κ2) is 13.3. The average molecular weight is 494 g/mol. The number of hydrogen-bond acceptors (Lipinski definition) is 6. The summed E-state index contributed by atoms with van der Waals surface area (Å²) >= 11 is 1.70. The predicted molar refractivity (Wildman–Crippen MR) is 143 cm³/mol. The van der Waals surface area contributed by atoms with Gasteiger partial charge in [0, 0.05) is 63.7 Å². The molecule has 0 atom stereocenters. The van der Waals surface area contributed by atoms with Crippen molar-refractivity contribution in [2.45, 2.75) is 19.9 Å². The van der Waals surface area contributed by atoms with Crippen molar-refractivity contribution in [1.82, 2.24) is 10.2 Å². The third kappa shape index (κ3) is 7.56. The molecule has 1 fully saturated rings. The van der Waals surface area contributed by atoms with Crippen LogP contribution in [0, 0.1) is 0 Å². The van der Waals surface area contributed by atoms with Crippen LogP contribution in [-0.2, 0) is 16.1 Å². The van der Waals surface area contributed by atoms with Gasteiger partial charge in [0.15, 0.2) is 6.61 Å². The van der Waals surface area contributed by atoms with E-state index in [0.29, 0.717) is 19.8 Å². The Hall–Kier alpha value is -2.87. The van der Waals surface area contributed by atoms with Gasteiger partial charge in [-0.3, -0.25) is 9.69 Å². The molecule has 35 heavy (non-hydrogen) atoms. The fourth-order valence-electron chi connectivity index (χ4n) is 4.24. The maximum Gasteiger partial charge on any atom is 0.257 e. The molecule has 1 aliphatic heterocycles. The number of benzene rings is 2. The molecule has 2 heterocycles. The molecule has 6 nitrogen and oxygen atoms in total. The average Bonchev–Trinajstić information content (AvgIpc) is 3.44. The van der Waals surface area contributed by atoms with Crippen molar-refractivity contribution < 1.29 is 14.3 Å². The van der Waals surface area contributed by atoms with Gasteiger partial charge in [-0.25, -0.2) is 0 Å². The molecule has 2 aromatic carbocycles. The van der Waals surface area contributed by atoms with Crippen molar-refractivity contribution in [3.63, 3.8) is 0 Å². The second-order valence-electron chi connectivity index (χ2n) is 8.62. The molecule has 0 saturated carbocycles. The molecule has 1 aromatic heterocycles. The van der Waals surface area contributed by atoms with E-state index in [0.717, 1.165) is 50.5 Å². The van der Waals surface area contributed by atoms with Crippen LogP contribution in [0.3, 0.4) is 0 Å². The Balaban J connectivity index is 1.37. The first kappa shape index (κ1) is 25.2. The molecule has 1 amide bonds. The third-order valence-electron chi connectivity index (χ3n) is 6.15. The number of thiophene rings is 1. The van der Waals surface area contributed by atoms with E-state index < -0.39 is 0 Å². The largest absolute Gasteiger partial charge is 0.483 e. The van der Waals surface area contributed by atoms with Crippen LogP contribution in [0.5, 0.6) is 5.75 Å². The Labute approximate surface area is 212 Å². The van der Waals surface area contributed by atoms with Gasteiger partial charge in [0.25, 0.3) is 5.91 Å². The lowest BCUT2D eigenvalue weighted by Crippen LogP contribution is -2.46. The number of para-hydroxylation sites is 1. The second-order valence-corrected chi connectivity index (χ2v) is 9.40. The summed E-state index contributed by atoms with van der Waals surface area (Å²) in [6, 6.07) is 19.0. The van der Waals surface area contributed by atoms with Crippen LogP contribution in [0.25, 0.3) is 11.1 Å². The van der Waals surface area contributed by atoms with E-state index in [9.17, 15) is 4.79 Å². The SMILES string of the molecule is CCOCCCNC(=O)COc1ccc(-c2ccsc2)cc1CN1CCN(c2ccccc2)CC1. The maximum atomic E-state index is 12.3. The van der Waals surface area contributed by atoms with E-state index in [1.54, 1.807) is 11.3 Å². The minimum Gasteiger partial charge on any atom is -0.483 e. The highest BCUT2D eigenvalue weighted by Gasteiger charge is 2.19.